The zero-order valence-corrected chi connectivity index (χ0v) is 10.7. The highest BCUT2D eigenvalue weighted by molar-refractivity contribution is 7.99. The Kier molecular flexibility index (Phi) is 4.23. The normalized spacial score (nSPS) is 12.6. The molecule has 2 N–H and O–H groups in total. The van der Waals surface area contributed by atoms with Crippen molar-refractivity contribution < 1.29 is 0 Å². The fourth-order valence-electron chi connectivity index (χ4n) is 1.56. The largest absolute Gasteiger partial charge is 0.324 e. The van der Waals surface area contributed by atoms with E-state index in [9.17, 15) is 0 Å². The van der Waals surface area contributed by atoms with Crippen LogP contribution in [0.1, 0.15) is 18.5 Å². The lowest BCUT2D eigenvalue weighted by Gasteiger charge is -2.07. The average molecular weight is 247 g/mol. The molecular weight excluding hydrogens is 230 g/mol. The molecule has 0 saturated heterocycles. The summed E-state index contributed by atoms with van der Waals surface area (Å²) in [6, 6.07) is 10.5. The van der Waals surface area contributed by atoms with Crippen LogP contribution in [-0.4, -0.2) is 15.5 Å². The zero-order valence-electron chi connectivity index (χ0n) is 9.91. The van der Waals surface area contributed by atoms with Gasteiger partial charge in [0.15, 0.2) is 0 Å². The SMILES string of the molecule is CC(N)c1ccc(SCCn2cccn2)cc1. The van der Waals surface area contributed by atoms with Gasteiger partial charge < -0.3 is 5.73 Å². The first kappa shape index (κ1) is 12.2. The van der Waals surface area contributed by atoms with Crippen LogP contribution in [0.5, 0.6) is 0 Å². The van der Waals surface area contributed by atoms with E-state index in [1.54, 1.807) is 0 Å². The number of nitrogens with zero attached hydrogens (tertiary/aromatic N) is 2. The molecule has 0 saturated carbocycles. The van der Waals surface area contributed by atoms with E-state index < -0.39 is 0 Å². The molecule has 4 heteroatoms. The number of aromatic nitrogens is 2. The summed E-state index contributed by atoms with van der Waals surface area (Å²) in [6.45, 7) is 2.94. The molecule has 3 nitrogen and oxygen atoms in total. The molecule has 2 aromatic rings. The molecule has 1 atom stereocenters. The van der Waals surface area contributed by atoms with E-state index in [0.29, 0.717) is 0 Å². The Morgan fingerprint density at radius 2 is 2.12 bits per heavy atom. The van der Waals surface area contributed by atoms with E-state index in [4.69, 9.17) is 5.73 Å². The maximum atomic E-state index is 5.81. The van der Waals surface area contributed by atoms with Crippen molar-refractivity contribution in [3.05, 3.63) is 48.3 Å². The van der Waals surface area contributed by atoms with Crippen LogP contribution < -0.4 is 5.73 Å². The van der Waals surface area contributed by atoms with Gasteiger partial charge in [-0.2, -0.15) is 5.10 Å². The summed E-state index contributed by atoms with van der Waals surface area (Å²) >= 11 is 1.84. The van der Waals surface area contributed by atoms with Gasteiger partial charge in [0.25, 0.3) is 0 Å². The van der Waals surface area contributed by atoms with Crippen molar-refractivity contribution in [3.63, 3.8) is 0 Å². The van der Waals surface area contributed by atoms with Crippen molar-refractivity contribution in [2.75, 3.05) is 5.75 Å². The molecular formula is C13H17N3S. The predicted octanol–water partition coefficient (Wildman–Crippen LogP) is 2.70. The van der Waals surface area contributed by atoms with Gasteiger partial charge in [0.05, 0.1) is 6.54 Å². The summed E-state index contributed by atoms with van der Waals surface area (Å²) < 4.78 is 1.95. The number of aryl methyl sites for hydroxylation is 1. The number of thioether (sulfide) groups is 1. The third kappa shape index (κ3) is 3.61. The fraction of sp³-hybridized carbons (Fsp3) is 0.308. The van der Waals surface area contributed by atoms with Crippen LogP contribution in [0.15, 0.2) is 47.6 Å². The topological polar surface area (TPSA) is 43.8 Å². The van der Waals surface area contributed by atoms with Gasteiger partial charge in [0.2, 0.25) is 0 Å². The van der Waals surface area contributed by atoms with Gasteiger partial charge >= 0.3 is 0 Å². The van der Waals surface area contributed by atoms with Gasteiger partial charge in [0.1, 0.15) is 0 Å². The molecule has 0 aliphatic rings. The molecule has 0 aliphatic carbocycles. The zero-order chi connectivity index (χ0) is 12.1. The lowest BCUT2D eigenvalue weighted by Crippen LogP contribution is -2.04. The summed E-state index contributed by atoms with van der Waals surface area (Å²) in [5, 5.41) is 4.17. The number of hydrogen-bond donors (Lipinski definition) is 1. The summed E-state index contributed by atoms with van der Waals surface area (Å²) in [5.41, 5.74) is 6.99. The molecule has 0 spiro atoms. The van der Waals surface area contributed by atoms with E-state index in [2.05, 4.69) is 29.4 Å². The monoisotopic (exact) mass is 247 g/mol. The van der Waals surface area contributed by atoms with E-state index in [1.165, 1.54) is 10.5 Å². The molecule has 0 amide bonds. The molecule has 90 valence electrons. The highest BCUT2D eigenvalue weighted by Crippen LogP contribution is 2.20. The maximum absolute atomic E-state index is 5.81. The van der Waals surface area contributed by atoms with E-state index in [1.807, 2.05) is 41.8 Å². The maximum Gasteiger partial charge on any atom is 0.0503 e. The number of hydrogen-bond acceptors (Lipinski definition) is 3. The van der Waals surface area contributed by atoms with Crippen molar-refractivity contribution in [2.45, 2.75) is 24.4 Å². The van der Waals surface area contributed by atoms with E-state index in [0.717, 1.165) is 12.3 Å². The number of benzene rings is 1. The Labute approximate surface area is 106 Å². The third-order valence-electron chi connectivity index (χ3n) is 2.55. The molecule has 1 aromatic carbocycles. The standard InChI is InChI=1S/C13H17N3S/c1-11(14)12-3-5-13(6-4-12)17-10-9-16-8-2-7-15-16/h2-8,11H,9-10,14H2,1H3. The van der Waals surface area contributed by atoms with Gasteiger partial charge in [-0.1, -0.05) is 12.1 Å². The molecule has 1 unspecified atom stereocenters. The second-order valence-corrected chi connectivity index (χ2v) is 5.14. The summed E-state index contributed by atoms with van der Waals surface area (Å²) in [4.78, 5) is 1.28. The van der Waals surface area contributed by atoms with Gasteiger partial charge in [-0.15, -0.1) is 11.8 Å². The van der Waals surface area contributed by atoms with Crippen molar-refractivity contribution >= 4 is 11.8 Å². The Hall–Kier alpha value is -1.26. The summed E-state index contributed by atoms with van der Waals surface area (Å²) in [6.07, 6.45) is 3.79. The average Bonchev–Trinajstić information content (AvgIpc) is 2.83. The lowest BCUT2D eigenvalue weighted by molar-refractivity contribution is 0.666. The number of rotatable bonds is 5. The minimum absolute atomic E-state index is 0.109. The minimum atomic E-state index is 0.109. The predicted molar refractivity (Wildman–Crippen MR) is 72.0 cm³/mol. The van der Waals surface area contributed by atoms with Gasteiger partial charge in [-0.3, -0.25) is 4.68 Å². The van der Waals surface area contributed by atoms with Crippen molar-refractivity contribution in [1.29, 1.82) is 0 Å². The molecule has 17 heavy (non-hydrogen) atoms. The second-order valence-electron chi connectivity index (χ2n) is 3.98. The first-order valence-corrected chi connectivity index (χ1v) is 6.70. The minimum Gasteiger partial charge on any atom is -0.324 e. The lowest BCUT2D eigenvalue weighted by atomic mass is 10.1. The van der Waals surface area contributed by atoms with Gasteiger partial charge in [0, 0.05) is 29.1 Å². The molecule has 2 rings (SSSR count). The molecule has 0 bridgehead atoms. The van der Waals surface area contributed by atoms with Crippen LogP contribution in [0, 0.1) is 0 Å². The molecule has 1 aromatic heterocycles. The highest BCUT2D eigenvalue weighted by atomic mass is 32.2. The van der Waals surface area contributed by atoms with Crippen molar-refractivity contribution in [2.24, 2.45) is 5.73 Å². The van der Waals surface area contributed by atoms with Crippen molar-refractivity contribution in [3.8, 4) is 0 Å². The van der Waals surface area contributed by atoms with Crippen LogP contribution in [0.3, 0.4) is 0 Å². The first-order valence-electron chi connectivity index (χ1n) is 5.71. The molecule has 0 fully saturated rings. The Morgan fingerprint density at radius 3 is 2.71 bits per heavy atom. The molecule has 0 radical (unpaired) electrons. The summed E-state index contributed by atoms with van der Waals surface area (Å²) in [5.74, 6) is 1.03. The molecule has 0 aliphatic heterocycles. The van der Waals surface area contributed by atoms with E-state index in [-0.39, 0.29) is 6.04 Å². The van der Waals surface area contributed by atoms with Crippen LogP contribution in [0.25, 0.3) is 0 Å². The van der Waals surface area contributed by atoms with Gasteiger partial charge in [-0.25, -0.2) is 0 Å². The van der Waals surface area contributed by atoms with Crippen LogP contribution in [0.2, 0.25) is 0 Å². The Morgan fingerprint density at radius 1 is 1.35 bits per heavy atom. The highest BCUT2D eigenvalue weighted by Gasteiger charge is 1.99. The third-order valence-corrected chi connectivity index (χ3v) is 3.55. The van der Waals surface area contributed by atoms with Crippen LogP contribution in [0.4, 0.5) is 0 Å². The fourth-order valence-corrected chi connectivity index (χ4v) is 2.40. The summed E-state index contributed by atoms with van der Waals surface area (Å²) in [7, 11) is 0. The molecule has 1 heterocycles. The van der Waals surface area contributed by atoms with Crippen LogP contribution >= 0.6 is 11.8 Å². The Bertz CT molecular complexity index is 434. The second kappa shape index (κ2) is 5.89. The first-order chi connectivity index (χ1) is 8.25. The smallest absolute Gasteiger partial charge is 0.0503 e. The van der Waals surface area contributed by atoms with Crippen molar-refractivity contribution in [1.82, 2.24) is 9.78 Å². The quantitative estimate of drug-likeness (QED) is 0.826. The Balaban J connectivity index is 1.83. The van der Waals surface area contributed by atoms with E-state index >= 15 is 0 Å². The number of nitrogens with two attached hydrogens (primary N) is 1. The van der Waals surface area contributed by atoms with Crippen LogP contribution in [-0.2, 0) is 6.54 Å². The van der Waals surface area contributed by atoms with Gasteiger partial charge in [-0.05, 0) is 30.7 Å².